The van der Waals surface area contributed by atoms with Crippen LogP contribution >= 0.6 is 11.3 Å². The molecule has 0 saturated heterocycles. The second-order valence-electron chi connectivity index (χ2n) is 3.36. The zero-order chi connectivity index (χ0) is 12.7. The summed E-state index contributed by atoms with van der Waals surface area (Å²) >= 11 is 1.16. The second-order valence-corrected chi connectivity index (χ2v) is 4.25. The number of nitrogens with two attached hydrogens (primary N) is 1. The summed E-state index contributed by atoms with van der Waals surface area (Å²) in [7, 11) is 0. The van der Waals surface area contributed by atoms with Crippen molar-refractivity contribution in [2.24, 2.45) is 5.16 Å². The molecule has 1 aromatic heterocycles. The van der Waals surface area contributed by atoms with Crippen molar-refractivity contribution in [1.29, 1.82) is 0 Å². The van der Waals surface area contributed by atoms with Crippen molar-refractivity contribution in [2.45, 2.75) is 26.2 Å². The summed E-state index contributed by atoms with van der Waals surface area (Å²) in [5.74, 6) is -1.18. The van der Waals surface area contributed by atoms with E-state index in [1.165, 1.54) is 5.38 Å². The maximum atomic E-state index is 10.9. The molecule has 0 aliphatic rings. The predicted octanol–water partition coefficient (Wildman–Crippen LogP) is 1.72. The normalized spacial score (nSPS) is 11.5. The molecule has 1 aromatic rings. The number of aliphatic carboxylic acids is 1. The molecule has 0 fully saturated rings. The number of hydrogen-bond donors (Lipinski definition) is 2. The van der Waals surface area contributed by atoms with E-state index in [1.807, 2.05) is 0 Å². The van der Waals surface area contributed by atoms with Crippen LogP contribution in [0.25, 0.3) is 0 Å². The van der Waals surface area contributed by atoms with E-state index in [0.717, 1.165) is 30.6 Å². The Hall–Kier alpha value is -1.63. The number of aromatic nitrogens is 1. The average Bonchev–Trinajstić information content (AvgIpc) is 2.69. The first-order valence-corrected chi connectivity index (χ1v) is 6.17. The minimum absolute atomic E-state index is 0.213. The number of carbonyl (C=O) groups is 1. The average molecular weight is 257 g/mol. The molecule has 3 N–H and O–H groups in total. The van der Waals surface area contributed by atoms with Gasteiger partial charge in [0.25, 0.3) is 0 Å². The molecule has 0 aliphatic heterocycles. The Bertz CT molecular complexity index is 403. The number of hydrogen-bond acceptors (Lipinski definition) is 6. The lowest BCUT2D eigenvalue weighted by atomic mass is 10.3. The van der Waals surface area contributed by atoms with Crippen molar-refractivity contribution < 1.29 is 14.7 Å². The van der Waals surface area contributed by atoms with Crippen LogP contribution in [-0.4, -0.2) is 28.4 Å². The molecular weight excluding hydrogens is 242 g/mol. The molecule has 17 heavy (non-hydrogen) atoms. The molecule has 0 spiro atoms. The van der Waals surface area contributed by atoms with E-state index in [1.54, 1.807) is 0 Å². The summed E-state index contributed by atoms with van der Waals surface area (Å²) in [4.78, 5) is 19.7. The fourth-order valence-corrected chi connectivity index (χ4v) is 1.67. The molecule has 1 heterocycles. The Labute approximate surface area is 103 Å². The quantitative estimate of drug-likeness (QED) is 0.440. The minimum Gasteiger partial charge on any atom is -0.476 e. The fraction of sp³-hybridized carbons (Fsp3) is 0.500. The number of nitrogen functional groups attached to an aromatic ring is 1. The van der Waals surface area contributed by atoms with Gasteiger partial charge in [-0.3, -0.25) is 0 Å². The highest BCUT2D eigenvalue weighted by Crippen LogP contribution is 2.12. The van der Waals surface area contributed by atoms with Gasteiger partial charge in [-0.25, -0.2) is 9.78 Å². The predicted molar refractivity (Wildman–Crippen MR) is 66.2 cm³/mol. The highest BCUT2D eigenvalue weighted by atomic mass is 32.1. The van der Waals surface area contributed by atoms with Crippen LogP contribution in [0.1, 0.15) is 31.9 Å². The van der Waals surface area contributed by atoms with E-state index in [9.17, 15) is 4.79 Å². The molecule has 6 nitrogen and oxygen atoms in total. The standard InChI is InChI=1S/C10H15N3O3S/c1-2-3-4-5-16-13-8(9(14)15)7-6-17-10(11)12-7/h6H,2-5H2,1H3,(H2,11,12)(H,14,15)/b13-8+. The molecule has 1 rings (SSSR count). The molecule has 0 radical (unpaired) electrons. The molecule has 0 unspecified atom stereocenters. The zero-order valence-corrected chi connectivity index (χ0v) is 10.4. The third-order valence-electron chi connectivity index (χ3n) is 1.96. The van der Waals surface area contributed by atoms with E-state index in [-0.39, 0.29) is 11.4 Å². The Morgan fingerprint density at radius 1 is 1.65 bits per heavy atom. The lowest BCUT2D eigenvalue weighted by Crippen LogP contribution is -2.15. The Morgan fingerprint density at radius 2 is 2.41 bits per heavy atom. The molecule has 0 amide bonds. The SMILES string of the molecule is CCCCCO/N=C(/C(=O)O)c1csc(N)n1. The monoisotopic (exact) mass is 257 g/mol. The Kier molecular flexibility index (Phi) is 5.41. The molecule has 0 aromatic carbocycles. The maximum Gasteiger partial charge on any atom is 0.360 e. The highest BCUT2D eigenvalue weighted by Gasteiger charge is 2.16. The maximum absolute atomic E-state index is 10.9. The van der Waals surface area contributed by atoms with E-state index >= 15 is 0 Å². The van der Waals surface area contributed by atoms with Gasteiger partial charge >= 0.3 is 5.97 Å². The summed E-state index contributed by atoms with van der Waals surface area (Å²) in [6, 6.07) is 0. The summed E-state index contributed by atoms with van der Waals surface area (Å²) in [6.45, 7) is 2.48. The first-order valence-electron chi connectivity index (χ1n) is 5.29. The van der Waals surface area contributed by atoms with Crippen LogP contribution in [0, 0.1) is 0 Å². The topological polar surface area (TPSA) is 97.8 Å². The van der Waals surface area contributed by atoms with Crippen molar-refractivity contribution in [3.05, 3.63) is 11.1 Å². The van der Waals surface area contributed by atoms with E-state index < -0.39 is 5.97 Å². The number of anilines is 1. The molecule has 94 valence electrons. The van der Waals surface area contributed by atoms with Gasteiger partial charge in [0.1, 0.15) is 12.3 Å². The Balaban J connectivity index is 2.60. The second kappa shape index (κ2) is 6.85. The minimum atomic E-state index is -1.18. The highest BCUT2D eigenvalue weighted by molar-refractivity contribution is 7.13. The first-order chi connectivity index (χ1) is 8.15. The van der Waals surface area contributed by atoms with E-state index in [0.29, 0.717) is 11.7 Å². The van der Waals surface area contributed by atoms with E-state index in [4.69, 9.17) is 15.7 Å². The summed E-state index contributed by atoms with van der Waals surface area (Å²) in [6.07, 6.45) is 2.95. The van der Waals surface area contributed by atoms with Gasteiger partial charge in [-0.15, -0.1) is 11.3 Å². The van der Waals surface area contributed by atoms with Gasteiger partial charge in [-0.05, 0) is 6.42 Å². The third kappa shape index (κ3) is 4.39. The smallest absolute Gasteiger partial charge is 0.360 e. The van der Waals surface area contributed by atoms with Crippen molar-refractivity contribution in [3.8, 4) is 0 Å². The summed E-state index contributed by atoms with van der Waals surface area (Å²) < 4.78 is 0. The van der Waals surface area contributed by atoms with Crippen LogP contribution in [0.3, 0.4) is 0 Å². The van der Waals surface area contributed by atoms with Gasteiger partial charge in [0, 0.05) is 5.38 Å². The van der Waals surface area contributed by atoms with Crippen molar-refractivity contribution in [2.75, 3.05) is 12.3 Å². The molecule has 0 saturated carbocycles. The van der Waals surface area contributed by atoms with Crippen molar-refractivity contribution in [3.63, 3.8) is 0 Å². The lowest BCUT2D eigenvalue weighted by molar-refractivity contribution is -0.129. The van der Waals surface area contributed by atoms with Crippen LogP contribution in [0.15, 0.2) is 10.5 Å². The number of thiazole rings is 1. The Morgan fingerprint density at radius 3 is 2.94 bits per heavy atom. The van der Waals surface area contributed by atoms with Crippen LogP contribution in [0.5, 0.6) is 0 Å². The van der Waals surface area contributed by atoms with Gasteiger partial charge in [0.15, 0.2) is 5.13 Å². The van der Waals surface area contributed by atoms with Gasteiger partial charge in [0.2, 0.25) is 5.71 Å². The fourth-order valence-electron chi connectivity index (χ4n) is 1.12. The van der Waals surface area contributed by atoms with Crippen molar-refractivity contribution >= 4 is 28.1 Å². The number of oxime groups is 1. The van der Waals surface area contributed by atoms with Gasteiger partial charge in [0.05, 0.1) is 0 Å². The lowest BCUT2D eigenvalue weighted by Gasteiger charge is -2.00. The molecular formula is C10H15N3O3S. The molecule has 0 bridgehead atoms. The number of nitrogens with zero attached hydrogens (tertiary/aromatic N) is 2. The molecule has 7 heteroatoms. The van der Waals surface area contributed by atoms with Crippen LogP contribution in [-0.2, 0) is 9.63 Å². The van der Waals surface area contributed by atoms with E-state index in [2.05, 4.69) is 17.1 Å². The number of carboxylic acids is 1. The largest absolute Gasteiger partial charge is 0.476 e. The number of rotatable bonds is 7. The van der Waals surface area contributed by atoms with Crippen LogP contribution in [0.2, 0.25) is 0 Å². The van der Waals surface area contributed by atoms with Crippen molar-refractivity contribution in [1.82, 2.24) is 4.98 Å². The van der Waals surface area contributed by atoms with Gasteiger partial charge in [-0.2, -0.15) is 0 Å². The number of carboxylic acid groups (broad SMARTS) is 1. The van der Waals surface area contributed by atoms with Gasteiger partial charge < -0.3 is 15.7 Å². The molecule has 0 aliphatic carbocycles. The third-order valence-corrected chi connectivity index (χ3v) is 2.64. The zero-order valence-electron chi connectivity index (χ0n) is 9.55. The van der Waals surface area contributed by atoms with Crippen LogP contribution < -0.4 is 5.73 Å². The summed E-state index contributed by atoms with van der Waals surface area (Å²) in [5, 5.41) is 14.4. The first kappa shape index (κ1) is 13.4. The molecule has 0 atom stereocenters. The number of unbranched alkanes of at least 4 members (excludes halogenated alkanes) is 2. The summed E-state index contributed by atoms with van der Waals surface area (Å²) in [5.41, 5.74) is 5.45. The van der Waals surface area contributed by atoms with Crippen LogP contribution in [0.4, 0.5) is 5.13 Å². The van der Waals surface area contributed by atoms with Gasteiger partial charge in [-0.1, -0.05) is 24.9 Å².